The molecule has 0 amide bonds. The molecular weight excluding hydrogens is 1070 g/mol. The van der Waals surface area contributed by atoms with Crippen molar-refractivity contribution in [3.8, 4) is 0 Å². The number of ether oxygens (including phenoxy) is 4. The molecule has 0 unspecified atom stereocenters. The van der Waals surface area contributed by atoms with Crippen LogP contribution in [0, 0.1) is 110 Å². The van der Waals surface area contributed by atoms with Crippen LogP contribution in [0.1, 0.15) is 165 Å². The highest BCUT2D eigenvalue weighted by Crippen LogP contribution is 2.90. The zero-order chi connectivity index (χ0) is 57.4. The zero-order valence-electron chi connectivity index (χ0n) is 50.3. The van der Waals surface area contributed by atoms with Gasteiger partial charge in [-0.15, -0.1) is 0 Å². The Balaban J connectivity index is 0.820. The molecule has 4 N–H and O–H groups in total. The molecule has 26 atom stereocenters. The first-order valence-electron chi connectivity index (χ1n) is 34.5. The predicted octanol–water partition coefficient (Wildman–Crippen LogP) is 10.00. The van der Waals surface area contributed by atoms with Gasteiger partial charge < -0.3 is 43.6 Å². The molecule has 5 saturated heterocycles. The summed E-state index contributed by atoms with van der Waals surface area (Å²) in [5, 5.41) is 41.2. The SMILES string of the molecule is C[C@H](C1CCCC1)[C@@H]1CCC[C@]23O[C@]45C(=C[C@@H]12)C[C@@H]1CCC[C@]12C[C@@H]1C[C@@]6(C)[C@H](c7ccoc7C[C@@H]([C@@H]7CC[C@H]8[C@H](C=CN9CNC[C@@H]89)C7)[C@H](O)CO)OC(=O)[C@H]7O[C@]76[C@]6([C@H]7CCC[C@H](Cc8ccccc8)C7)[C@H](O)C(=O)[C@H]3[C@@]4(COC(=O)[C@@H]25)[C@@H]16. The molecule has 9 aliphatic carbocycles. The monoisotopic (exact) mass is 1160 g/mol. The van der Waals surface area contributed by atoms with Crippen LogP contribution in [-0.2, 0) is 46.2 Å². The Morgan fingerprint density at radius 2 is 1.69 bits per heavy atom. The van der Waals surface area contributed by atoms with Crippen molar-refractivity contribution in [2.75, 3.05) is 26.4 Å². The average molecular weight is 1160 g/mol. The number of nitrogens with zero attached hydrogens (tertiary/aromatic N) is 1. The maximum Gasteiger partial charge on any atom is 0.339 e. The molecule has 8 heterocycles. The van der Waals surface area contributed by atoms with Crippen LogP contribution in [0.3, 0.4) is 0 Å². The molecule has 5 spiro atoms. The number of carbonyl (C=O) groups excluding carboxylic acids is 3. The van der Waals surface area contributed by atoms with E-state index in [-0.39, 0.29) is 72.3 Å². The molecule has 9 saturated carbocycles. The van der Waals surface area contributed by atoms with Gasteiger partial charge >= 0.3 is 11.9 Å². The summed E-state index contributed by atoms with van der Waals surface area (Å²) in [5.41, 5.74) is -3.79. The molecule has 7 aliphatic heterocycles. The molecule has 13 nitrogen and oxygen atoms in total. The number of aliphatic hydroxyl groups is 3. The smallest absolute Gasteiger partial charge is 0.339 e. The summed E-state index contributed by atoms with van der Waals surface area (Å²) < 4.78 is 37.0. The number of esters is 2. The number of aliphatic hydroxyl groups excluding tert-OH is 3. The Kier molecular flexibility index (Phi) is 11.9. The van der Waals surface area contributed by atoms with Gasteiger partial charge in [-0.3, -0.25) is 14.9 Å². The van der Waals surface area contributed by atoms with Crippen LogP contribution in [-0.4, -0.2) is 106 Å². The van der Waals surface area contributed by atoms with Crippen LogP contribution in [0.25, 0.3) is 0 Å². The van der Waals surface area contributed by atoms with E-state index >= 15 is 14.4 Å². The molecule has 456 valence electrons. The Morgan fingerprint density at radius 3 is 2.54 bits per heavy atom. The Morgan fingerprint density at radius 1 is 0.859 bits per heavy atom. The minimum atomic E-state index is -1.48. The van der Waals surface area contributed by atoms with E-state index in [1.54, 1.807) is 6.26 Å². The number of ketones is 1. The maximum absolute atomic E-state index is 17.6. The lowest BCUT2D eigenvalue weighted by Gasteiger charge is -2.73. The van der Waals surface area contributed by atoms with E-state index in [0.29, 0.717) is 60.7 Å². The van der Waals surface area contributed by atoms with Gasteiger partial charge in [-0.05, 0) is 183 Å². The molecule has 18 rings (SSSR count). The summed E-state index contributed by atoms with van der Waals surface area (Å²) in [6, 6.07) is 13.2. The third-order valence-corrected chi connectivity index (χ3v) is 29.7. The summed E-state index contributed by atoms with van der Waals surface area (Å²) in [6.07, 6.45) is 25.1. The van der Waals surface area contributed by atoms with Gasteiger partial charge in [0, 0.05) is 41.3 Å². The van der Waals surface area contributed by atoms with Crippen LogP contribution >= 0.6 is 0 Å². The average Bonchev–Trinajstić information content (AvgIpc) is 1.44. The highest BCUT2D eigenvalue weighted by Gasteiger charge is 2.99. The van der Waals surface area contributed by atoms with Gasteiger partial charge in [0.05, 0.1) is 48.5 Å². The van der Waals surface area contributed by atoms with E-state index in [4.69, 9.17) is 23.4 Å². The number of cyclic esters (lactones) is 2. The van der Waals surface area contributed by atoms with Crippen molar-refractivity contribution >= 4 is 17.7 Å². The van der Waals surface area contributed by atoms with E-state index in [9.17, 15) is 15.3 Å². The van der Waals surface area contributed by atoms with E-state index < -0.39 is 80.7 Å². The number of fused-ring (bicyclic) bond motifs is 3. The minimum absolute atomic E-state index is 0.0242. The van der Waals surface area contributed by atoms with Crippen molar-refractivity contribution in [2.45, 2.75) is 202 Å². The fraction of sp³-hybridized carbons (Fsp3) is 0.764. The molecular formula is C72H92N2O11. The fourth-order valence-corrected chi connectivity index (χ4v) is 27.2. The van der Waals surface area contributed by atoms with Crippen LogP contribution in [0.4, 0.5) is 0 Å². The van der Waals surface area contributed by atoms with Crippen LogP contribution in [0.15, 0.2) is 71.0 Å². The van der Waals surface area contributed by atoms with Gasteiger partial charge in [-0.1, -0.05) is 108 Å². The van der Waals surface area contributed by atoms with E-state index in [1.807, 2.05) is 6.07 Å². The molecule has 1 aromatic heterocycles. The largest absolute Gasteiger partial charge is 0.469 e. The lowest BCUT2D eigenvalue weighted by molar-refractivity contribution is -0.301. The van der Waals surface area contributed by atoms with Gasteiger partial charge in [0.15, 0.2) is 11.9 Å². The fourth-order valence-electron chi connectivity index (χ4n) is 27.2. The topological polar surface area (TPSA) is 181 Å². The van der Waals surface area contributed by atoms with Crippen LogP contribution in [0.2, 0.25) is 0 Å². The summed E-state index contributed by atoms with van der Waals surface area (Å²) in [4.78, 5) is 51.5. The molecule has 1 aromatic carbocycles. The first-order chi connectivity index (χ1) is 41.3. The number of Topliss-reactive ketones (excluding diaryl/α,β-unsaturated/α-hetero) is 1. The predicted molar refractivity (Wildman–Crippen MR) is 312 cm³/mol. The van der Waals surface area contributed by atoms with E-state index in [1.165, 1.54) is 36.8 Å². The molecule has 85 heavy (non-hydrogen) atoms. The normalized spacial score (nSPS) is 51.1. The lowest BCUT2D eigenvalue weighted by Crippen LogP contribution is -2.82. The molecule has 5 bridgehead atoms. The van der Waals surface area contributed by atoms with E-state index in [2.05, 4.69) is 72.7 Å². The molecule has 2 aromatic rings. The van der Waals surface area contributed by atoms with E-state index in [0.717, 1.165) is 115 Å². The van der Waals surface area contributed by atoms with Gasteiger partial charge in [0.25, 0.3) is 0 Å². The number of carbonyl (C=O) groups is 3. The van der Waals surface area contributed by atoms with Crippen molar-refractivity contribution < 1.29 is 53.1 Å². The second-order valence-corrected chi connectivity index (χ2v) is 32.1. The number of benzene rings is 1. The van der Waals surface area contributed by atoms with Crippen molar-refractivity contribution in [3.63, 3.8) is 0 Å². The van der Waals surface area contributed by atoms with Crippen molar-refractivity contribution in [2.24, 2.45) is 110 Å². The third kappa shape index (κ3) is 6.56. The Bertz CT molecular complexity index is 3140. The number of hydrogen-bond donors (Lipinski definition) is 4. The number of epoxide rings is 1. The van der Waals surface area contributed by atoms with Crippen molar-refractivity contribution in [3.05, 3.63) is 83.5 Å². The molecule has 0 radical (unpaired) electrons. The Labute approximate surface area is 501 Å². The quantitative estimate of drug-likeness (QED) is 0.0950. The summed E-state index contributed by atoms with van der Waals surface area (Å²) >= 11 is 0. The second-order valence-electron chi connectivity index (χ2n) is 32.1. The van der Waals surface area contributed by atoms with Gasteiger partial charge in [-0.2, -0.15) is 0 Å². The standard InChI is InChI=1S/C72H92N2O11/c1-39(42-14-6-7-15-42)49-18-10-24-69-53(49)31-48-30-46-17-9-23-67(46)34-45-33-66(2)62(51-22-26-81-56(51)32-52(55(76)36-75)43-19-20-50-44(29-43)21-25-74-38-73-35-54(50)74)83-65(80)63-72(66,84-63)70(47-16-8-13-41(28-47)27-40-11-4-3-5-12-40)58(45)68(59(69)57(77)61(70)78)37-82-64(79)60(67)71(48,68)85-69/h3-5,11-12,21-22,25-26,31,39,41-47,49-50,52-55,58-63,73,75-76,78H,6-10,13-20,23-24,27-30,32-38H2,1-2H3/t39-,41-,43-,44-,45+,46+,47+,49+,50+,52+,53+,54+,55-,58-,59+,60+,61-,62+,63-,66+,67+,68-,69+,70+,71+,72-/m1/s1. The van der Waals surface area contributed by atoms with Gasteiger partial charge in [0.2, 0.25) is 0 Å². The third-order valence-electron chi connectivity index (χ3n) is 29.7. The number of rotatable bonds is 11. The number of allylic oxidation sites excluding steroid dienone is 1. The van der Waals surface area contributed by atoms with Gasteiger partial charge in [0.1, 0.15) is 35.8 Å². The minimum Gasteiger partial charge on any atom is -0.469 e. The van der Waals surface area contributed by atoms with Crippen LogP contribution < -0.4 is 5.32 Å². The zero-order valence-corrected chi connectivity index (χ0v) is 50.3. The first kappa shape index (κ1) is 54.1. The number of nitrogens with one attached hydrogen (secondary N) is 1. The second kappa shape index (κ2) is 18.6. The van der Waals surface area contributed by atoms with Gasteiger partial charge in [-0.25, -0.2) is 4.79 Å². The van der Waals surface area contributed by atoms with Crippen LogP contribution in [0.5, 0.6) is 0 Å². The molecule has 13 heteroatoms. The maximum atomic E-state index is 17.6. The van der Waals surface area contributed by atoms with Crippen molar-refractivity contribution in [1.29, 1.82) is 0 Å². The number of furan rings is 1. The first-order valence-corrected chi connectivity index (χ1v) is 34.5. The lowest BCUT2D eigenvalue weighted by atomic mass is 9.29. The highest BCUT2D eigenvalue weighted by molar-refractivity contribution is 5.94. The summed E-state index contributed by atoms with van der Waals surface area (Å²) in [6.45, 7) is 6.34. The van der Waals surface area contributed by atoms with Crippen molar-refractivity contribution in [1.82, 2.24) is 10.2 Å². The summed E-state index contributed by atoms with van der Waals surface area (Å²) in [5.74, 6) is 0.424. The molecule has 14 fully saturated rings. The summed E-state index contributed by atoms with van der Waals surface area (Å²) in [7, 11) is 0. The Hall–Kier alpha value is -3.85. The molecule has 16 aliphatic rings. The highest BCUT2D eigenvalue weighted by atomic mass is 16.7. The number of hydrogen-bond acceptors (Lipinski definition) is 13.